The van der Waals surface area contributed by atoms with Gasteiger partial charge < -0.3 is 9.84 Å². The van der Waals surface area contributed by atoms with Gasteiger partial charge >= 0.3 is 5.97 Å². The van der Waals surface area contributed by atoms with Gasteiger partial charge in [-0.3, -0.25) is 0 Å². The minimum absolute atomic E-state index is 0.182. The summed E-state index contributed by atoms with van der Waals surface area (Å²) in [6.45, 7) is 6.45. The molecule has 0 saturated heterocycles. The maximum absolute atomic E-state index is 11.3. The van der Waals surface area contributed by atoms with Gasteiger partial charge in [0, 0.05) is 12.5 Å². The second-order valence-electron chi connectivity index (χ2n) is 5.54. The van der Waals surface area contributed by atoms with E-state index in [1.807, 2.05) is 0 Å². The number of methoxy groups -OCH3 is 1. The van der Waals surface area contributed by atoms with Gasteiger partial charge in [0.25, 0.3) is 0 Å². The second-order valence-corrected chi connectivity index (χ2v) is 5.54. The lowest BCUT2D eigenvalue weighted by molar-refractivity contribution is -0.165. The lowest BCUT2D eigenvalue weighted by atomic mass is 9.61. The zero-order chi connectivity index (χ0) is 12.3. The molecule has 1 unspecified atom stereocenters. The van der Waals surface area contributed by atoms with E-state index in [0.29, 0.717) is 11.8 Å². The Labute approximate surface area is 98.2 Å². The van der Waals surface area contributed by atoms with E-state index >= 15 is 0 Å². The third-order valence-electron chi connectivity index (χ3n) is 4.20. The molecule has 0 radical (unpaired) electrons. The SMILES string of the molecule is COC(C(=O)O)[C@]1(C(C)C)CCC[C@@H](C)C1. The number of aliphatic carboxylic acids is 1. The number of carboxylic acids is 1. The fraction of sp³-hybridized carbons (Fsp3) is 0.923. The first-order chi connectivity index (χ1) is 7.44. The first kappa shape index (κ1) is 13.5. The highest BCUT2D eigenvalue weighted by molar-refractivity contribution is 5.73. The summed E-state index contributed by atoms with van der Waals surface area (Å²) in [6.07, 6.45) is 3.61. The average Bonchev–Trinajstić information content (AvgIpc) is 2.17. The molecule has 1 saturated carbocycles. The van der Waals surface area contributed by atoms with Gasteiger partial charge in [-0.05, 0) is 24.7 Å². The molecular weight excluding hydrogens is 204 g/mol. The van der Waals surface area contributed by atoms with Gasteiger partial charge in [0.15, 0.2) is 6.10 Å². The van der Waals surface area contributed by atoms with Gasteiger partial charge in [-0.2, -0.15) is 0 Å². The van der Waals surface area contributed by atoms with Gasteiger partial charge in [0.1, 0.15) is 0 Å². The Morgan fingerprint density at radius 3 is 2.50 bits per heavy atom. The fourth-order valence-electron chi connectivity index (χ4n) is 3.28. The Morgan fingerprint density at radius 1 is 1.50 bits per heavy atom. The Hall–Kier alpha value is -0.570. The van der Waals surface area contributed by atoms with E-state index in [9.17, 15) is 9.90 Å². The Bertz CT molecular complexity index is 250. The molecule has 0 aromatic carbocycles. The van der Waals surface area contributed by atoms with Crippen LogP contribution in [0.2, 0.25) is 0 Å². The zero-order valence-electron chi connectivity index (χ0n) is 10.8. The molecule has 0 aromatic heterocycles. The van der Waals surface area contributed by atoms with Gasteiger partial charge in [0.2, 0.25) is 0 Å². The predicted octanol–water partition coefficient (Wildman–Crippen LogP) is 2.94. The van der Waals surface area contributed by atoms with Crippen molar-refractivity contribution in [2.75, 3.05) is 7.11 Å². The summed E-state index contributed by atoms with van der Waals surface area (Å²) < 4.78 is 5.26. The first-order valence-corrected chi connectivity index (χ1v) is 6.19. The normalized spacial score (nSPS) is 32.7. The van der Waals surface area contributed by atoms with Crippen molar-refractivity contribution in [3.8, 4) is 0 Å². The zero-order valence-corrected chi connectivity index (χ0v) is 10.8. The number of carbonyl (C=O) groups is 1. The Balaban J connectivity index is 2.98. The summed E-state index contributed by atoms with van der Waals surface area (Å²) >= 11 is 0. The summed E-state index contributed by atoms with van der Waals surface area (Å²) in [7, 11) is 1.52. The van der Waals surface area contributed by atoms with Crippen LogP contribution in [0.4, 0.5) is 0 Å². The predicted molar refractivity (Wildman–Crippen MR) is 63.3 cm³/mol. The van der Waals surface area contributed by atoms with E-state index in [0.717, 1.165) is 19.3 Å². The second kappa shape index (κ2) is 5.17. The number of hydrogen-bond acceptors (Lipinski definition) is 2. The van der Waals surface area contributed by atoms with Crippen LogP contribution in [0.1, 0.15) is 46.5 Å². The highest BCUT2D eigenvalue weighted by Gasteiger charge is 2.47. The van der Waals surface area contributed by atoms with Crippen LogP contribution in [0.25, 0.3) is 0 Å². The number of carboxylic acid groups (broad SMARTS) is 1. The summed E-state index contributed by atoms with van der Waals surface area (Å²) in [5, 5.41) is 9.30. The highest BCUT2D eigenvalue weighted by Crippen LogP contribution is 2.48. The van der Waals surface area contributed by atoms with Crippen molar-refractivity contribution in [2.24, 2.45) is 17.3 Å². The summed E-state index contributed by atoms with van der Waals surface area (Å²) in [5.41, 5.74) is -0.182. The molecule has 0 heterocycles. The minimum Gasteiger partial charge on any atom is -0.479 e. The monoisotopic (exact) mass is 228 g/mol. The van der Waals surface area contributed by atoms with E-state index in [2.05, 4.69) is 20.8 Å². The van der Waals surface area contributed by atoms with Gasteiger partial charge in [-0.15, -0.1) is 0 Å². The van der Waals surface area contributed by atoms with Crippen LogP contribution in [-0.2, 0) is 9.53 Å². The van der Waals surface area contributed by atoms with Crippen molar-refractivity contribution >= 4 is 5.97 Å². The molecule has 16 heavy (non-hydrogen) atoms. The van der Waals surface area contributed by atoms with E-state index in [1.165, 1.54) is 13.5 Å². The first-order valence-electron chi connectivity index (χ1n) is 6.19. The quantitative estimate of drug-likeness (QED) is 0.804. The van der Waals surface area contributed by atoms with Crippen LogP contribution in [0.5, 0.6) is 0 Å². The molecule has 1 N–H and O–H groups in total. The van der Waals surface area contributed by atoms with Gasteiger partial charge in [-0.1, -0.05) is 33.6 Å². The molecule has 0 aliphatic heterocycles. The van der Waals surface area contributed by atoms with E-state index in [4.69, 9.17) is 4.74 Å². The summed E-state index contributed by atoms with van der Waals surface area (Å²) in [6, 6.07) is 0. The molecule has 0 aromatic rings. The van der Waals surface area contributed by atoms with Crippen LogP contribution < -0.4 is 0 Å². The lowest BCUT2D eigenvalue weighted by Crippen LogP contribution is -2.48. The Kier molecular flexibility index (Phi) is 4.36. The van der Waals surface area contributed by atoms with Crippen LogP contribution in [0.3, 0.4) is 0 Å². The third-order valence-corrected chi connectivity index (χ3v) is 4.20. The lowest BCUT2D eigenvalue weighted by Gasteiger charge is -2.46. The molecule has 1 rings (SSSR count). The molecule has 94 valence electrons. The molecule has 1 fully saturated rings. The molecule has 0 amide bonds. The molecule has 0 spiro atoms. The smallest absolute Gasteiger partial charge is 0.333 e. The van der Waals surface area contributed by atoms with Crippen molar-refractivity contribution in [3.05, 3.63) is 0 Å². The minimum atomic E-state index is -0.815. The molecule has 3 nitrogen and oxygen atoms in total. The van der Waals surface area contributed by atoms with E-state index < -0.39 is 12.1 Å². The van der Waals surface area contributed by atoms with E-state index in [1.54, 1.807) is 0 Å². The van der Waals surface area contributed by atoms with Gasteiger partial charge in [-0.25, -0.2) is 4.79 Å². The van der Waals surface area contributed by atoms with E-state index in [-0.39, 0.29) is 5.41 Å². The van der Waals surface area contributed by atoms with Crippen molar-refractivity contribution < 1.29 is 14.6 Å². The fourth-order valence-corrected chi connectivity index (χ4v) is 3.28. The molecule has 3 heteroatoms. The van der Waals surface area contributed by atoms with Crippen molar-refractivity contribution in [1.29, 1.82) is 0 Å². The Morgan fingerprint density at radius 2 is 2.12 bits per heavy atom. The van der Waals surface area contributed by atoms with Crippen molar-refractivity contribution in [2.45, 2.75) is 52.6 Å². The average molecular weight is 228 g/mol. The van der Waals surface area contributed by atoms with Crippen LogP contribution >= 0.6 is 0 Å². The summed E-state index contributed by atoms with van der Waals surface area (Å²) in [5.74, 6) is 0.134. The molecule has 1 aliphatic carbocycles. The molecule has 3 atom stereocenters. The maximum atomic E-state index is 11.3. The highest BCUT2D eigenvalue weighted by atomic mass is 16.5. The molecular formula is C13H24O3. The standard InChI is InChI=1S/C13H24O3/c1-9(2)13(11(16-4)12(14)15)7-5-6-10(3)8-13/h9-11H,5-8H2,1-4H3,(H,14,15)/t10-,11?,13-/m1/s1. The largest absolute Gasteiger partial charge is 0.479 e. The molecule has 0 bridgehead atoms. The molecule has 1 aliphatic rings. The maximum Gasteiger partial charge on any atom is 0.333 e. The van der Waals surface area contributed by atoms with Crippen LogP contribution in [0, 0.1) is 17.3 Å². The number of hydrogen-bond donors (Lipinski definition) is 1. The van der Waals surface area contributed by atoms with Crippen LogP contribution in [-0.4, -0.2) is 24.3 Å². The number of rotatable bonds is 4. The third kappa shape index (κ3) is 2.40. The topological polar surface area (TPSA) is 46.5 Å². The number of ether oxygens (including phenoxy) is 1. The van der Waals surface area contributed by atoms with Crippen molar-refractivity contribution in [3.63, 3.8) is 0 Å². The van der Waals surface area contributed by atoms with Crippen LogP contribution in [0.15, 0.2) is 0 Å². The van der Waals surface area contributed by atoms with Gasteiger partial charge in [0.05, 0.1) is 0 Å². The summed E-state index contributed by atoms with van der Waals surface area (Å²) in [4.78, 5) is 11.3. The van der Waals surface area contributed by atoms with Crippen molar-refractivity contribution in [1.82, 2.24) is 0 Å².